The number of Topliss-reactive ketones (excluding diaryl/α,β-unsaturated/α-hetero) is 1. The molecule has 3 aromatic rings. The number of benzene rings is 1. The summed E-state index contributed by atoms with van der Waals surface area (Å²) in [7, 11) is 0. The van der Waals surface area contributed by atoms with Gasteiger partial charge in [0.15, 0.2) is 11.6 Å². The largest absolute Gasteiger partial charge is 0.379 e. The third-order valence-electron chi connectivity index (χ3n) is 5.76. The first kappa shape index (κ1) is 24.3. The maximum Gasteiger partial charge on any atom is 0.351 e. The molecule has 3 heterocycles. The van der Waals surface area contributed by atoms with Gasteiger partial charge in [-0.2, -0.15) is 4.68 Å². The lowest BCUT2D eigenvalue weighted by atomic mass is 10.1. The lowest BCUT2D eigenvalue weighted by Gasteiger charge is -2.26. The highest BCUT2D eigenvalue weighted by Gasteiger charge is 2.20. The lowest BCUT2D eigenvalue weighted by molar-refractivity contribution is -0.120. The Morgan fingerprint density at radius 3 is 2.65 bits per heavy atom. The number of hydrogen-bond donors (Lipinski definition) is 0. The molecule has 0 radical (unpaired) electrons. The van der Waals surface area contributed by atoms with Gasteiger partial charge in [0.2, 0.25) is 0 Å². The monoisotopic (exact) mass is 483 g/mol. The molecular weight excluding hydrogens is 454 g/mol. The van der Waals surface area contributed by atoms with Gasteiger partial charge in [-0.15, -0.1) is 5.10 Å². The summed E-state index contributed by atoms with van der Waals surface area (Å²) < 4.78 is 8.12. The highest BCUT2D eigenvalue weighted by atomic mass is 35.5. The maximum absolute atomic E-state index is 13.3. The fourth-order valence-electron chi connectivity index (χ4n) is 4.03. The van der Waals surface area contributed by atoms with E-state index in [1.54, 1.807) is 24.4 Å². The predicted octanol–water partition coefficient (Wildman–Crippen LogP) is 3.24. The molecule has 0 atom stereocenters. The summed E-state index contributed by atoms with van der Waals surface area (Å²) in [4.78, 5) is 32.8. The summed E-state index contributed by atoms with van der Waals surface area (Å²) in [6.45, 7) is 8.26. The highest BCUT2D eigenvalue weighted by molar-refractivity contribution is 6.30. The van der Waals surface area contributed by atoms with Crippen molar-refractivity contribution in [2.24, 2.45) is 5.92 Å². The first-order valence-electron chi connectivity index (χ1n) is 11.6. The zero-order valence-corrected chi connectivity index (χ0v) is 20.4. The fraction of sp³-hybridized carbons (Fsp3) is 0.440. The highest BCUT2D eigenvalue weighted by Crippen LogP contribution is 2.21. The smallest absolute Gasteiger partial charge is 0.351 e. The molecule has 0 aliphatic carbocycles. The van der Waals surface area contributed by atoms with E-state index in [1.165, 1.54) is 9.25 Å². The molecule has 0 N–H and O–H groups in total. The minimum Gasteiger partial charge on any atom is -0.379 e. The molecule has 1 aliphatic heterocycles. The Balaban J connectivity index is 1.60. The molecule has 4 rings (SSSR count). The van der Waals surface area contributed by atoms with E-state index in [-0.39, 0.29) is 23.9 Å². The summed E-state index contributed by atoms with van der Waals surface area (Å²) >= 11 is 6.18. The van der Waals surface area contributed by atoms with Gasteiger partial charge in [0, 0.05) is 48.8 Å². The van der Waals surface area contributed by atoms with Crippen molar-refractivity contribution in [2.75, 3.05) is 32.8 Å². The van der Waals surface area contributed by atoms with Crippen molar-refractivity contribution in [3.63, 3.8) is 0 Å². The van der Waals surface area contributed by atoms with Crippen LogP contribution in [0.5, 0.6) is 0 Å². The number of nitrogens with zero attached hydrogens (tertiary/aromatic N) is 5. The Kier molecular flexibility index (Phi) is 7.92. The van der Waals surface area contributed by atoms with Crippen molar-refractivity contribution in [3.05, 3.63) is 63.8 Å². The van der Waals surface area contributed by atoms with Gasteiger partial charge < -0.3 is 4.74 Å². The van der Waals surface area contributed by atoms with Crippen LogP contribution in [-0.2, 0) is 22.5 Å². The molecule has 1 aromatic carbocycles. The SMILES string of the molecule is CC(C)CC(=O)Cn1c(-c2cccc(Cl)c2)nn(-c2ccc(CCN3CCOCC3)nc2)c1=O. The van der Waals surface area contributed by atoms with Gasteiger partial charge >= 0.3 is 5.69 Å². The second-order valence-electron chi connectivity index (χ2n) is 8.96. The average Bonchev–Trinajstić information content (AvgIpc) is 3.14. The van der Waals surface area contributed by atoms with E-state index in [2.05, 4.69) is 15.0 Å². The Morgan fingerprint density at radius 2 is 1.97 bits per heavy atom. The van der Waals surface area contributed by atoms with Crippen LogP contribution >= 0.6 is 11.6 Å². The minimum absolute atomic E-state index is 0.0171. The molecule has 0 unspecified atom stereocenters. The zero-order valence-electron chi connectivity index (χ0n) is 19.6. The number of hydrogen-bond acceptors (Lipinski definition) is 6. The van der Waals surface area contributed by atoms with Crippen molar-refractivity contribution in [2.45, 2.75) is 33.2 Å². The van der Waals surface area contributed by atoms with Crippen molar-refractivity contribution >= 4 is 17.4 Å². The van der Waals surface area contributed by atoms with Crippen LogP contribution in [0.4, 0.5) is 0 Å². The Morgan fingerprint density at radius 1 is 1.18 bits per heavy atom. The summed E-state index contributed by atoms with van der Waals surface area (Å²) in [5.74, 6) is 0.597. The van der Waals surface area contributed by atoms with Crippen molar-refractivity contribution in [1.82, 2.24) is 24.2 Å². The van der Waals surface area contributed by atoms with E-state index < -0.39 is 0 Å². The predicted molar refractivity (Wildman–Crippen MR) is 131 cm³/mol. The number of morpholine rings is 1. The third-order valence-corrected chi connectivity index (χ3v) is 5.99. The van der Waals surface area contributed by atoms with Crippen LogP contribution in [0.25, 0.3) is 17.1 Å². The van der Waals surface area contributed by atoms with Crippen LogP contribution in [0, 0.1) is 5.92 Å². The quantitative estimate of drug-likeness (QED) is 0.464. The molecule has 0 saturated carbocycles. The van der Waals surface area contributed by atoms with E-state index in [0.717, 1.165) is 45.0 Å². The van der Waals surface area contributed by atoms with Crippen LogP contribution < -0.4 is 5.69 Å². The van der Waals surface area contributed by atoms with Crippen LogP contribution in [-0.4, -0.2) is 62.9 Å². The van der Waals surface area contributed by atoms with Crippen molar-refractivity contribution in [1.29, 1.82) is 0 Å². The van der Waals surface area contributed by atoms with Gasteiger partial charge in [0.25, 0.3) is 0 Å². The van der Waals surface area contributed by atoms with E-state index >= 15 is 0 Å². The zero-order chi connectivity index (χ0) is 24.1. The van der Waals surface area contributed by atoms with Gasteiger partial charge in [0.1, 0.15) is 0 Å². The summed E-state index contributed by atoms with van der Waals surface area (Å²) in [5, 5.41) is 5.10. The molecule has 34 heavy (non-hydrogen) atoms. The lowest BCUT2D eigenvalue weighted by Crippen LogP contribution is -2.37. The number of carbonyl (C=O) groups is 1. The second-order valence-corrected chi connectivity index (χ2v) is 9.40. The molecule has 0 bridgehead atoms. The van der Waals surface area contributed by atoms with Gasteiger partial charge in [0.05, 0.1) is 31.6 Å². The molecule has 0 spiro atoms. The topological polar surface area (TPSA) is 82.2 Å². The minimum atomic E-state index is -0.380. The first-order chi connectivity index (χ1) is 16.4. The molecule has 2 aromatic heterocycles. The summed E-state index contributed by atoms with van der Waals surface area (Å²) in [6, 6.07) is 10.9. The maximum atomic E-state index is 13.3. The molecule has 0 amide bonds. The van der Waals surface area contributed by atoms with E-state index in [4.69, 9.17) is 16.3 Å². The molecule has 1 aliphatic rings. The summed E-state index contributed by atoms with van der Waals surface area (Å²) in [6.07, 6.45) is 2.87. The van der Waals surface area contributed by atoms with Crippen LogP contribution in [0.3, 0.4) is 0 Å². The van der Waals surface area contributed by atoms with Gasteiger partial charge in [-0.3, -0.25) is 19.2 Å². The molecule has 9 heteroatoms. The molecule has 1 saturated heterocycles. The standard InChI is InChI=1S/C25H30ClN5O3/c1-18(2)14-23(32)17-30-24(19-4-3-5-20(26)15-19)28-31(25(30)33)22-7-6-21(27-16-22)8-9-29-10-12-34-13-11-29/h3-7,15-16,18H,8-14,17H2,1-2H3. The summed E-state index contributed by atoms with van der Waals surface area (Å²) in [5.41, 5.74) is 1.80. The third kappa shape index (κ3) is 6.00. The van der Waals surface area contributed by atoms with E-state index in [9.17, 15) is 9.59 Å². The normalized spacial score (nSPS) is 14.6. The number of carbonyl (C=O) groups excluding carboxylic acids is 1. The van der Waals surface area contributed by atoms with Crippen LogP contribution in [0.15, 0.2) is 47.4 Å². The van der Waals surface area contributed by atoms with Crippen LogP contribution in [0.2, 0.25) is 5.02 Å². The van der Waals surface area contributed by atoms with Crippen molar-refractivity contribution < 1.29 is 9.53 Å². The van der Waals surface area contributed by atoms with E-state index in [1.807, 2.05) is 32.0 Å². The number of ether oxygens (including phenoxy) is 1. The van der Waals surface area contributed by atoms with Gasteiger partial charge in [-0.25, -0.2) is 4.79 Å². The number of halogens is 1. The number of aromatic nitrogens is 4. The molecular formula is C25H30ClN5O3. The molecule has 1 fully saturated rings. The Labute approximate surface area is 204 Å². The molecule has 180 valence electrons. The second kappa shape index (κ2) is 11.1. The number of pyridine rings is 1. The Bertz CT molecular complexity index is 1180. The number of ketones is 1. The molecule has 8 nitrogen and oxygen atoms in total. The van der Waals surface area contributed by atoms with Gasteiger partial charge in [-0.05, 0) is 30.2 Å². The van der Waals surface area contributed by atoms with Crippen LogP contribution in [0.1, 0.15) is 26.0 Å². The average molecular weight is 484 g/mol. The van der Waals surface area contributed by atoms with E-state index in [0.29, 0.717) is 28.5 Å². The number of rotatable bonds is 9. The first-order valence-corrected chi connectivity index (χ1v) is 12.0. The van der Waals surface area contributed by atoms with Gasteiger partial charge in [-0.1, -0.05) is 37.6 Å². The van der Waals surface area contributed by atoms with Crippen molar-refractivity contribution in [3.8, 4) is 17.1 Å². The fourth-order valence-corrected chi connectivity index (χ4v) is 4.22. The Hall–Kier alpha value is -2.81.